The molecule has 1 aliphatic carbocycles. The maximum atomic E-state index is 12.9. The number of hydrogen-bond donors (Lipinski definition) is 0. The predicted octanol–water partition coefficient (Wildman–Crippen LogP) is 2.43. The fourth-order valence-electron chi connectivity index (χ4n) is 1.72. The van der Waals surface area contributed by atoms with Crippen LogP contribution < -0.4 is 0 Å². The van der Waals surface area contributed by atoms with E-state index < -0.39 is 6.10 Å². The SMILES string of the molecule is COC(C(=O)c1cccc(F)c1)C1CC1. The molecule has 0 spiro atoms. The van der Waals surface area contributed by atoms with E-state index >= 15 is 0 Å². The van der Waals surface area contributed by atoms with Crippen molar-refractivity contribution in [2.24, 2.45) is 5.92 Å². The molecule has 1 aromatic rings. The number of carbonyl (C=O) groups is 1. The molecule has 0 N–H and O–H groups in total. The highest BCUT2D eigenvalue weighted by Crippen LogP contribution is 2.35. The third-order valence-corrected chi connectivity index (χ3v) is 2.67. The molecule has 0 radical (unpaired) electrons. The minimum absolute atomic E-state index is 0.112. The van der Waals surface area contributed by atoms with Gasteiger partial charge in [-0.15, -0.1) is 0 Å². The summed E-state index contributed by atoms with van der Waals surface area (Å²) < 4.78 is 18.1. The fourth-order valence-corrected chi connectivity index (χ4v) is 1.72. The Hall–Kier alpha value is -1.22. The molecule has 2 nitrogen and oxygen atoms in total. The summed E-state index contributed by atoms with van der Waals surface area (Å²) in [6.45, 7) is 0. The lowest BCUT2D eigenvalue weighted by atomic mass is 10.0. The van der Waals surface area contributed by atoms with Crippen LogP contribution in [-0.4, -0.2) is 19.0 Å². The van der Waals surface area contributed by atoms with Crippen molar-refractivity contribution in [2.75, 3.05) is 7.11 Å². The highest BCUT2D eigenvalue weighted by Gasteiger charge is 2.36. The average molecular weight is 208 g/mol. The number of rotatable bonds is 4. The molecule has 1 aliphatic rings. The zero-order valence-electron chi connectivity index (χ0n) is 8.57. The Kier molecular flexibility index (Phi) is 2.82. The van der Waals surface area contributed by atoms with Crippen LogP contribution in [0.4, 0.5) is 4.39 Å². The normalized spacial score (nSPS) is 17.5. The lowest BCUT2D eigenvalue weighted by Gasteiger charge is -2.12. The lowest BCUT2D eigenvalue weighted by Crippen LogP contribution is -2.25. The third kappa shape index (κ3) is 2.23. The van der Waals surface area contributed by atoms with Crippen molar-refractivity contribution in [1.29, 1.82) is 0 Å². The topological polar surface area (TPSA) is 26.3 Å². The fraction of sp³-hybridized carbons (Fsp3) is 0.417. The molecule has 1 atom stereocenters. The summed E-state index contributed by atoms with van der Waals surface area (Å²) in [7, 11) is 1.53. The van der Waals surface area contributed by atoms with E-state index in [9.17, 15) is 9.18 Å². The molecule has 0 aliphatic heterocycles. The van der Waals surface area contributed by atoms with Crippen molar-refractivity contribution in [3.63, 3.8) is 0 Å². The second kappa shape index (κ2) is 4.11. The molecule has 0 bridgehead atoms. The van der Waals surface area contributed by atoms with Gasteiger partial charge in [-0.3, -0.25) is 4.79 Å². The van der Waals surface area contributed by atoms with Gasteiger partial charge in [0.2, 0.25) is 0 Å². The van der Waals surface area contributed by atoms with Crippen LogP contribution in [0.5, 0.6) is 0 Å². The highest BCUT2D eigenvalue weighted by molar-refractivity contribution is 5.99. The Morgan fingerprint density at radius 1 is 1.53 bits per heavy atom. The van der Waals surface area contributed by atoms with Crippen molar-refractivity contribution in [3.8, 4) is 0 Å². The van der Waals surface area contributed by atoms with Crippen LogP contribution in [0.1, 0.15) is 23.2 Å². The highest BCUT2D eigenvalue weighted by atomic mass is 19.1. The molecule has 3 heteroatoms. The zero-order chi connectivity index (χ0) is 10.8. The second-order valence-electron chi connectivity index (χ2n) is 3.87. The Morgan fingerprint density at radius 3 is 2.80 bits per heavy atom. The Balaban J connectivity index is 2.18. The lowest BCUT2D eigenvalue weighted by molar-refractivity contribution is 0.0539. The number of ketones is 1. The molecule has 0 aromatic heterocycles. The first-order chi connectivity index (χ1) is 7.22. The van der Waals surface area contributed by atoms with Gasteiger partial charge in [0, 0.05) is 12.7 Å². The van der Waals surface area contributed by atoms with E-state index in [1.807, 2.05) is 0 Å². The van der Waals surface area contributed by atoms with Crippen LogP contribution >= 0.6 is 0 Å². The average Bonchev–Trinajstić information content (AvgIpc) is 3.03. The molecule has 2 rings (SSSR count). The van der Waals surface area contributed by atoms with Crippen LogP contribution in [0.15, 0.2) is 24.3 Å². The molecule has 80 valence electrons. The standard InChI is InChI=1S/C12H13FO2/c1-15-12(8-5-6-8)11(14)9-3-2-4-10(13)7-9/h2-4,7-8,12H,5-6H2,1H3. The molecule has 0 saturated heterocycles. The van der Waals surface area contributed by atoms with Crippen molar-refractivity contribution < 1.29 is 13.9 Å². The number of methoxy groups -OCH3 is 1. The molecule has 1 unspecified atom stereocenters. The number of carbonyl (C=O) groups excluding carboxylic acids is 1. The van der Waals surface area contributed by atoms with E-state index in [4.69, 9.17) is 4.74 Å². The van der Waals surface area contributed by atoms with E-state index in [-0.39, 0.29) is 11.6 Å². The molecular formula is C12H13FO2. The van der Waals surface area contributed by atoms with Gasteiger partial charge in [0.25, 0.3) is 0 Å². The minimum atomic E-state index is -0.396. The smallest absolute Gasteiger partial charge is 0.191 e. The second-order valence-corrected chi connectivity index (χ2v) is 3.87. The molecule has 1 aromatic carbocycles. The maximum absolute atomic E-state index is 12.9. The minimum Gasteiger partial charge on any atom is -0.373 e. The van der Waals surface area contributed by atoms with Gasteiger partial charge < -0.3 is 4.74 Å². The quantitative estimate of drug-likeness (QED) is 0.710. The Morgan fingerprint density at radius 2 is 2.27 bits per heavy atom. The Bertz CT molecular complexity index is 372. The van der Waals surface area contributed by atoms with Gasteiger partial charge >= 0.3 is 0 Å². The number of halogens is 1. The summed E-state index contributed by atoms with van der Waals surface area (Å²) in [6.07, 6.45) is 1.66. The summed E-state index contributed by atoms with van der Waals surface area (Å²) in [4.78, 5) is 11.9. The molecule has 0 amide bonds. The summed E-state index contributed by atoms with van der Waals surface area (Å²) in [5.41, 5.74) is 0.397. The third-order valence-electron chi connectivity index (χ3n) is 2.67. The first kappa shape index (κ1) is 10.3. The molecule has 15 heavy (non-hydrogen) atoms. The summed E-state index contributed by atoms with van der Waals surface area (Å²) in [6, 6.07) is 5.76. The van der Waals surface area contributed by atoms with Gasteiger partial charge in [-0.1, -0.05) is 12.1 Å². The van der Waals surface area contributed by atoms with Crippen LogP contribution in [-0.2, 0) is 4.74 Å². The monoisotopic (exact) mass is 208 g/mol. The van der Waals surface area contributed by atoms with E-state index in [0.29, 0.717) is 11.5 Å². The largest absolute Gasteiger partial charge is 0.373 e. The Labute approximate surface area is 88.1 Å². The summed E-state index contributed by atoms with van der Waals surface area (Å²) in [5, 5.41) is 0. The van der Waals surface area contributed by atoms with Crippen LogP contribution in [0, 0.1) is 11.7 Å². The van der Waals surface area contributed by atoms with Gasteiger partial charge in [0.05, 0.1) is 0 Å². The van der Waals surface area contributed by atoms with Gasteiger partial charge in [-0.25, -0.2) is 4.39 Å². The van der Waals surface area contributed by atoms with Gasteiger partial charge in [-0.05, 0) is 30.9 Å². The molecule has 0 heterocycles. The van der Waals surface area contributed by atoms with Gasteiger partial charge in [0.1, 0.15) is 11.9 Å². The van der Waals surface area contributed by atoms with Crippen molar-refractivity contribution >= 4 is 5.78 Å². The predicted molar refractivity (Wildman–Crippen MR) is 54.3 cm³/mol. The van der Waals surface area contributed by atoms with Crippen molar-refractivity contribution in [2.45, 2.75) is 18.9 Å². The van der Waals surface area contributed by atoms with Crippen molar-refractivity contribution in [1.82, 2.24) is 0 Å². The zero-order valence-corrected chi connectivity index (χ0v) is 8.57. The molecule has 1 fully saturated rings. The summed E-state index contributed by atoms with van der Waals surface area (Å²) in [5.74, 6) is -0.170. The number of hydrogen-bond acceptors (Lipinski definition) is 2. The van der Waals surface area contributed by atoms with Crippen LogP contribution in [0.2, 0.25) is 0 Å². The van der Waals surface area contributed by atoms with E-state index in [2.05, 4.69) is 0 Å². The maximum Gasteiger partial charge on any atom is 0.191 e. The number of Topliss-reactive ketones (excluding diaryl/α,β-unsaturated/α-hetero) is 1. The van der Waals surface area contributed by atoms with E-state index in [1.54, 1.807) is 12.1 Å². The van der Waals surface area contributed by atoms with E-state index in [0.717, 1.165) is 12.8 Å². The molecule has 1 saturated carbocycles. The summed E-state index contributed by atoms with van der Waals surface area (Å²) >= 11 is 0. The first-order valence-corrected chi connectivity index (χ1v) is 5.05. The van der Waals surface area contributed by atoms with Crippen LogP contribution in [0.3, 0.4) is 0 Å². The van der Waals surface area contributed by atoms with Crippen LogP contribution in [0.25, 0.3) is 0 Å². The number of ether oxygens (including phenoxy) is 1. The van der Waals surface area contributed by atoms with E-state index in [1.165, 1.54) is 19.2 Å². The number of benzene rings is 1. The van der Waals surface area contributed by atoms with Gasteiger partial charge in [0.15, 0.2) is 5.78 Å². The van der Waals surface area contributed by atoms with Crippen molar-refractivity contribution in [3.05, 3.63) is 35.6 Å². The first-order valence-electron chi connectivity index (χ1n) is 5.05. The van der Waals surface area contributed by atoms with Gasteiger partial charge in [-0.2, -0.15) is 0 Å². The molecular weight excluding hydrogens is 195 g/mol.